The molecular weight excluding hydrogens is 576 g/mol. The summed E-state index contributed by atoms with van der Waals surface area (Å²) in [6.07, 6.45) is 3.94. The maximum absolute atomic E-state index is 12.7. The van der Waals surface area contributed by atoms with E-state index >= 15 is 0 Å². The van der Waals surface area contributed by atoms with Crippen molar-refractivity contribution in [1.29, 1.82) is 0 Å². The van der Waals surface area contributed by atoms with Crippen LogP contribution < -0.4 is 26.4 Å². The van der Waals surface area contributed by atoms with Crippen molar-refractivity contribution in [3.05, 3.63) is 41.7 Å². The molecule has 234 valence electrons. The number of rotatable bonds is 6. The molecule has 3 unspecified atom stereocenters. The Balaban J connectivity index is 1.16. The SMILES string of the molecule is CC(C)(C)OC(=O)N1CCC2(CC1)C[C@H](Nc1ncnc3c1NNN3C1CC(O)C(COS(N)(=O)=O)C1)c1ccccc12. The molecule has 0 bridgehead atoms. The number of aliphatic hydroxyl groups excluding tert-OH is 1. The fraction of sp³-hybridized carbons (Fsp3) is 0.607. The van der Waals surface area contributed by atoms with E-state index in [9.17, 15) is 18.3 Å². The number of aliphatic hydroxyl groups is 1. The van der Waals surface area contributed by atoms with Gasteiger partial charge in [0.15, 0.2) is 11.6 Å². The van der Waals surface area contributed by atoms with Crippen LogP contribution >= 0.6 is 0 Å². The molecule has 1 aromatic carbocycles. The van der Waals surface area contributed by atoms with Gasteiger partial charge in [-0.15, -0.1) is 5.53 Å². The lowest BCUT2D eigenvalue weighted by Gasteiger charge is -2.40. The number of nitrogens with zero attached hydrogens (tertiary/aromatic N) is 4. The minimum Gasteiger partial charge on any atom is -0.444 e. The largest absolute Gasteiger partial charge is 0.444 e. The van der Waals surface area contributed by atoms with E-state index in [1.165, 1.54) is 17.5 Å². The molecule has 6 N–H and O–H groups in total. The Hall–Kier alpha value is -3.24. The number of carbonyl (C=O) groups is 1. The van der Waals surface area contributed by atoms with Gasteiger partial charge in [0.25, 0.3) is 0 Å². The fourth-order valence-corrected chi connectivity index (χ4v) is 7.33. The van der Waals surface area contributed by atoms with Crippen molar-refractivity contribution in [2.45, 2.75) is 82.1 Å². The molecule has 15 heteroatoms. The lowest BCUT2D eigenvalue weighted by atomic mass is 9.73. The highest BCUT2D eigenvalue weighted by molar-refractivity contribution is 7.84. The van der Waals surface area contributed by atoms with Crippen LogP contribution in [0.3, 0.4) is 0 Å². The lowest BCUT2D eigenvalue weighted by molar-refractivity contribution is 0.0162. The van der Waals surface area contributed by atoms with E-state index in [0.29, 0.717) is 43.3 Å². The van der Waals surface area contributed by atoms with Crippen molar-refractivity contribution in [1.82, 2.24) is 20.4 Å². The third kappa shape index (κ3) is 6.09. The molecule has 43 heavy (non-hydrogen) atoms. The van der Waals surface area contributed by atoms with E-state index in [1.54, 1.807) is 0 Å². The first-order valence-electron chi connectivity index (χ1n) is 14.7. The Morgan fingerprint density at radius 3 is 2.67 bits per heavy atom. The molecular formula is C28H40N8O6S. The second-order valence-corrected chi connectivity index (χ2v) is 14.2. The highest BCUT2D eigenvalue weighted by Crippen LogP contribution is 2.52. The zero-order valence-electron chi connectivity index (χ0n) is 24.6. The number of fused-ring (bicyclic) bond motifs is 3. The summed E-state index contributed by atoms with van der Waals surface area (Å²) in [6.45, 7) is 6.74. The molecule has 3 heterocycles. The Bertz CT molecular complexity index is 1480. The van der Waals surface area contributed by atoms with Crippen LogP contribution in [0, 0.1) is 5.92 Å². The molecule has 2 aromatic rings. The highest BCUT2D eigenvalue weighted by atomic mass is 32.2. The number of amides is 1. The smallest absolute Gasteiger partial charge is 0.410 e. The van der Waals surface area contributed by atoms with Crippen LogP contribution in [0.2, 0.25) is 0 Å². The minimum absolute atomic E-state index is 0.00664. The molecule has 2 fully saturated rings. The van der Waals surface area contributed by atoms with Gasteiger partial charge in [-0.2, -0.15) is 8.42 Å². The van der Waals surface area contributed by atoms with Gasteiger partial charge in [-0.05, 0) is 64.0 Å². The third-order valence-corrected chi connectivity index (χ3v) is 9.45. The molecule has 2 aliphatic heterocycles. The van der Waals surface area contributed by atoms with Crippen LogP contribution in [-0.2, 0) is 24.6 Å². The zero-order chi connectivity index (χ0) is 30.6. The summed E-state index contributed by atoms with van der Waals surface area (Å²) in [5.41, 5.74) is 8.97. The van der Waals surface area contributed by atoms with Crippen LogP contribution in [-0.4, -0.2) is 71.9 Å². The second kappa shape index (κ2) is 11.0. The molecule has 1 saturated heterocycles. The Labute approximate surface area is 251 Å². The first kappa shape index (κ1) is 29.8. The number of ether oxygens (including phenoxy) is 1. The van der Waals surface area contributed by atoms with E-state index in [4.69, 9.17) is 14.1 Å². The summed E-state index contributed by atoms with van der Waals surface area (Å²) < 4.78 is 32.8. The third-order valence-electron chi connectivity index (χ3n) is 8.99. The Kier molecular flexibility index (Phi) is 7.65. The number of hydrogen-bond acceptors (Lipinski definition) is 12. The van der Waals surface area contributed by atoms with Crippen molar-refractivity contribution in [3.8, 4) is 0 Å². The van der Waals surface area contributed by atoms with Crippen molar-refractivity contribution < 1.29 is 27.2 Å². The van der Waals surface area contributed by atoms with Gasteiger partial charge in [0, 0.05) is 24.4 Å². The molecule has 6 rings (SSSR count). The van der Waals surface area contributed by atoms with Crippen molar-refractivity contribution >= 4 is 33.7 Å². The summed E-state index contributed by atoms with van der Waals surface area (Å²) in [7, 11) is -4.09. The van der Waals surface area contributed by atoms with Gasteiger partial charge in [-0.1, -0.05) is 24.3 Å². The number of hydrogen-bond donors (Lipinski definition) is 5. The quantitative estimate of drug-likeness (QED) is 0.320. The van der Waals surface area contributed by atoms with E-state index in [1.807, 2.05) is 30.7 Å². The van der Waals surface area contributed by atoms with Gasteiger partial charge < -0.3 is 20.1 Å². The van der Waals surface area contributed by atoms with Crippen LogP contribution in [0.1, 0.15) is 70.0 Å². The summed E-state index contributed by atoms with van der Waals surface area (Å²) in [5.74, 6) is 0.895. The van der Waals surface area contributed by atoms with Crippen molar-refractivity contribution in [2.24, 2.45) is 11.1 Å². The number of aromatic nitrogens is 2. The molecule has 1 saturated carbocycles. The average molecular weight is 617 g/mol. The number of piperidine rings is 1. The Morgan fingerprint density at radius 1 is 1.21 bits per heavy atom. The zero-order valence-corrected chi connectivity index (χ0v) is 25.4. The Morgan fingerprint density at radius 2 is 1.95 bits per heavy atom. The molecule has 4 atom stereocenters. The van der Waals surface area contributed by atoms with Crippen molar-refractivity contribution in [2.75, 3.05) is 35.4 Å². The fourth-order valence-electron chi connectivity index (χ4n) is 6.97. The number of benzene rings is 1. The standard InChI is InChI=1S/C28H40N8O6S/c1-27(2,3)42-26(38)35-10-8-28(9-11-35)14-21(19-6-4-5-7-20(19)28)32-24-23-25(31-16-30-24)36(34-33-23)18-12-17(22(37)13-18)15-41-43(29,39)40/h4-7,16-18,21-22,33-34,37H,8-15H2,1-3H3,(H2,29,39,40)(H,30,31,32)/t17?,18?,21-,22?/m0/s1. The highest BCUT2D eigenvalue weighted by Gasteiger charge is 2.47. The summed E-state index contributed by atoms with van der Waals surface area (Å²) in [4.78, 5) is 23.6. The lowest BCUT2D eigenvalue weighted by Crippen LogP contribution is -2.46. The number of hydrazine groups is 2. The van der Waals surface area contributed by atoms with E-state index in [0.717, 1.165) is 19.3 Å². The second-order valence-electron chi connectivity index (χ2n) is 13.0. The molecule has 2 aliphatic carbocycles. The van der Waals surface area contributed by atoms with Gasteiger partial charge in [0.05, 0.1) is 24.8 Å². The maximum atomic E-state index is 12.7. The normalized spacial score (nSPS) is 26.3. The first-order valence-corrected chi connectivity index (χ1v) is 16.1. The summed E-state index contributed by atoms with van der Waals surface area (Å²) >= 11 is 0. The first-order chi connectivity index (χ1) is 20.3. The predicted molar refractivity (Wildman–Crippen MR) is 159 cm³/mol. The number of nitrogens with two attached hydrogens (primary N) is 1. The molecule has 14 nitrogen and oxygen atoms in total. The maximum Gasteiger partial charge on any atom is 0.410 e. The van der Waals surface area contributed by atoms with E-state index in [2.05, 4.69) is 50.5 Å². The monoisotopic (exact) mass is 616 g/mol. The van der Waals surface area contributed by atoms with Crippen molar-refractivity contribution in [3.63, 3.8) is 0 Å². The van der Waals surface area contributed by atoms with Crippen LogP contribution in [0.15, 0.2) is 30.6 Å². The molecule has 4 aliphatic rings. The number of nitrogens with one attached hydrogen (secondary N) is 3. The molecule has 0 radical (unpaired) electrons. The van der Waals surface area contributed by atoms with Gasteiger partial charge in [-0.3, -0.25) is 14.6 Å². The number of carbonyl (C=O) groups excluding carboxylic acids is 1. The number of likely N-dealkylation sites (tertiary alicyclic amines) is 1. The van der Waals surface area contributed by atoms with E-state index < -0.39 is 22.0 Å². The molecule has 1 aromatic heterocycles. The van der Waals surface area contributed by atoms with Crippen LogP contribution in [0.4, 0.5) is 22.1 Å². The minimum atomic E-state index is -4.09. The van der Waals surface area contributed by atoms with Crippen LogP contribution in [0.5, 0.6) is 0 Å². The predicted octanol–water partition coefficient (Wildman–Crippen LogP) is 2.31. The van der Waals surface area contributed by atoms with Gasteiger partial charge in [0.2, 0.25) is 0 Å². The molecule has 1 spiro atoms. The molecule has 1 amide bonds. The van der Waals surface area contributed by atoms with E-state index in [-0.39, 0.29) is 36.1 Å². The summed E-state index contributed by atoms with van der Waals surface area (Å²) in [6, 6.07) is 8.33. The topological polar surface area (TPSA) is 184 Å². The van der Waals surface area contributed by atoms with Gasteiger partial charge in [-0.25, -0.2) is 19.9 Å². The van der Waals surface area contributed by atoms with Crippen LogP contribution in [0.25, 0.3) is 0 Å². The summed E-state index contributed by atoms with van der Waals surface area (Å²) in [5, 5.41) is 21.0. The average Bonchev–Trinajstić information content (AvgIpc) is 3.61. The number of anilines is 3. The van der Waals surface area contributed by atoms with Gasteiger partial charge in [0.1, 0.15) is 17.6 Å². The van der Waals surface area contributed by atoms with Gasteiger partial charge >= 0.3 is 16.4 Å².